The van der Waals surface area contributed by atoms with Crippen molar-refractivity contribution in [1.29, 1.82) is 0 Å². The number of rotatable bonds is 3. The zero-order valence-corrected chi connectivity index (χ0v) is 14.3. The van der Waals surface area contributed by atoms with Gasteiger partial charge in [0.15, 0.2) is 0 Å². The van der Waals surface area contributed by atoms with E-state index in [0.717, 1.165) is 44.6 Å². The molecule has 126 valence electrons. The number of benzene rings is 1. The smallest absolute Gasteiger partial charge is 0.136 e. The second-order valence-corrected chi connectivity index (χ2v) is 7.38. The van der Waals surface area contributed by atoms with E-state index < -0.39 is 0 Å². The van der Waals surface area contributed by atoms with Crippen molar-refractivity contribution in [3.63, 3.8) is 0 Å². The Morgan fingerprint density at radius 1 is 1.25 bits per heavy atom. The molecule has 2 aromatic rings. The first-order chi connectivity index (χ1) is 11.7. The van der Waals surface area contributed by atoms with Gasteiger partial charge in [-0.15, -0.1) is 11.3 Å². The molecule has 4 rings (SSSR count). The Morgan fingerprint density at radius 2 is 2.08 bits per heavy atom. The summed E-state index contributed by atoms with van der Waals surface area (Å²) < 4.78 is 14.4. The van der Waals surface area contributed by atoms with Crippen LogP contribution < -0.4 is 16.0 Å². The average molecular weight is 344 g/mol. The number of nitrogens with one attached hydrogen (secondary N) is 1. The summed E-state index contributed by atoms with van der Waals surface area (Å²) in [5, 5.41) is 5.48. The van der Waals surface area contributed by atoms with Crippen molar-refractivity contribution < 1.29 is 4.39 Å². The SMILES string of the molecule is NC1=NC2(CCNCC2)N(CCc2cccs2)c2cccc(F)c21. The molecule has 0 amide bonds. The average Bonchev–Trinajstić information content (AvgIpc) is 3.08. The summed E-state index contributed by atoms with van der Waals surface area (Å²) >= 11 is 1.76. The lowest BCUT2D eigenvalue weighted by Gasteiger charge is -2.48. The highest BCUT2D eigenvalue weighted by molar-refractivity contribution is 7.09. The number of thiophene rings is 1. The molecular weight excluding hydrogens is 323 g/mol. The number of halogens is 1. The van der Waals surface area contributed by atoms with Gasteiger partial charge in [0, 0.05) is 24.3 Å². The minimum absolute atomic E-state index is 0.293. The van der Waals surface area contributed by atoms with E-state index in [4.69, 9.17) is 10.7 Å². The second-order valence-electron chi connectivity index (χ2n) is 6.34. The molecule has 24 heavy (non-hydrogen) atoms. The first-order valence-corrected chi connectivity index (χ1v) is 9.22. The zero-order valence-electron chi connectivity index (χ0n) is 13.5. The fraction of sp³-hybridized carbons (Fsp3) is 0.389. The molecule has 2 aliphatic rings. The third-order valence-electron chi connectivity index (χ3n) is 4.94. The molecule has 0 aliphatic carbocycles. The molecular formula is C18H21FN4S. The lowest BCUT2D eigenvalue weighted by Crippen LogP contribution is -2.57. The fourth-order valence-electron chi connectivity index (χ4n) is 3.77. The highest BCUT2D eigenvalue weighted by Crippen LogP contribution is 2.39. The first kappa shape index (κ1) is 15.6. The Kier molecular flexibility index (Phi) is 4.02. The monoisotopic (exact) mass is 344 g/mol. The van der Waals surface area contributed by atoms with Crippen molar-refractivity contribution in [2.24, 2.45) is 10.7 Å². The van der Waals surface area contributed by atoms with E-state index in [1.165, 1.54) is 10.9 Å². The predicted octanol–water partition coefficient (Wildman–Crippen LogP) is 2.73. The predicted molar refractivity (Wildman–Crippen MR) is 97.3 cm³/mol. The maximum atomic E-state index is 14.4. The molecule has 3 N–H and O–H groups in total. The summed E-state index contributed by atoms with van der Waals surface area (Å²) in [6.45, 7) is 2.61. The lowest BCUT2D eigenvalue weighted by atomic mass is 9.91. The summed E-state index contributed by atoms with van der Waals surface area (Å²) in [6, 6.07) is 9.41. The number of hydrogen-bond acceptors (Lipinski definition) is 5. The summed E-state index contributed by atoms with van der Waals surface area (Å²) in [5.41, 5.74) is 7.14. The van der Waals surface area contributed by atoms with Crippen LogP contribution in [0.1, 0.15) is 23.3 Å². The van der Waals surface area contributed by atoms with Gasteiger partial charge in [0.1, 0.15) is 17.3 Å². The molecule has 1 fully saturated rings. The van der Waals surface area contributed by atoms with Crippen LogP contribution in [0.3, 0.4) is 0 Å². The molecule has 0 atom stereocenters. The molecule has 4 nitrogen and oxygen atoms in total. The third kappa shape index (κ3) is 2.59. The number of aliphatic imine (C=N–C) groups is 1. The number of amidine groups is 1. The fourth-order valence-corrected chi connectivity index (χ4v) is 4.47. The van der Waals surface area contributed by atoms with Crippen molar-refractivity contribution >= 4 is 22.9 Å². The summed E-state index contributed by atoms with van der Waals surface area (Å²) in [7, 11) is 0. The molecule has 1 aromatic carbocycles. The van der Waals surface area contributed by atoms with Crippen molar-refractivity contribution in [1.82, 2.24) is 5.32 Å². The van der Waals surface area contributed by atoms with Crippen LogP contribution in [0.15, 0.2) is 40.7 Å². The number of anilines is 1. The standard InChI is InChI=1S/C18H21FN4S/c19-14-4-1-5-15-16(14)17(20)22-18(7-9-21-10-8-18)23(15)11-6-13-3-2-12-24-13/h1-5,12,21H,6-11H2,(H2,20,22). The lowest BCUT2D eigenvalue weighted by molar-refractivity contribution is 0.295. The molecule has 6 heteroatoms. The minimum atomic E-state index is -0.354. The van der Waals surface area contributed by atoms with E-state index in [9.17, 15) is 4.39 Å². The Balaban J connectivity index is 1.74. The molecule has 3 heterocycles. The van der Waals surface area contributed by atoms with E-state index >= 15 is 0 Å². The van der Waals surface area contributed by atoms with Crippen LogP contribution in [0.25, 0.3) is 0 Å². The number of fused-ring (bicyclic) bond motifs is 1. The molecule has 1 saturated heterocycles. The molecule has 1 spiro atoms. The van der Waals surface area contributed by atoms with Gasteiger partial charge in [-0.3, -0.25) is 0 Å². The van der Waals surface area contributed by atoms with Gasteiger partial charge in [0.2, 0.25) is 0 Å². The van der Waals surface area contributed by atoms with Gasteiger partial charge in [-0.2, -0.15) is 0 Å². The summed E-state index contributed by atoms with van der Waals surface area (Å²) in [6.07, 6.45) is 2.69. The molecule has 1 aromatic heterocycles. The van der Waals surface area contributed by atoms with Gasteiger partial charge in [-0.05, 0) is 43.1 Å². The van der Waals surface area contributed by atoms with Crippen LogP contribution in [0, 0.1) is 5.82 Å². The number of nitrogens with zero attached hydrogens (tertiary/aromatic N) is 2. The Labute approximate surface area is 145 Å². The van der Waals surface area contributed by atoms with Crippen molar-refractivity contribution in [2.75, 3.05) is 24.5 Å². The highest BCUT2D eigenvalue weighted by atomic mass is 32.1. The van der Waals surface area contributed by atoms with Crippen LogP contribution in [0.4, 0.5) is 10.1 Å². The number of nitrogens with two attached hydrogens (primary N) is 1. The van der Waals surface area contributed by atoms with E-state index in [1.54, 1.807) is 17.4 Å². The summed E-state index contributed by atoms with van der Waals surface area (Å²) in [5.74, 6) is 0.0380. The maximum absolute atomic E-state index is 14.4. The highest BCUT2D eigenvalue weighted by Gasteiger charge is 2.42. The number of piperidine rings is 1. The number of hydrogen-bond donors (Lipinski definition) is 2. The van der Waals surface area contributed by atoms with Gasteiger partial charge < -0.3 is 16.0 Å². The van der Waals surface area contributed by atoms with E-state index in [1.807, 2.05) is 6.07 Å². The van der Waals surface area contributed by atoms with Gasteiger partial charge in [-0.25, -0.2) is 9.38 Å². The third-order valence-corrected chi connectivity index (χ3v) is 5.87. The normalized spacial score (nSPS) is 19.2. The Morgan fingerprint density at radius 3 is 2.83 bits per heavy atom. The molecule has 0 saturated carbocycles. The van der Waals surface area contributed by atoms with Gasteiger partial charge >= 0.3 is 0 Å². The largest absolute Gasteiger partial charge is 0.383 e. The topological polar surface area (TPSA) is 53.6 Å². The molecule has 0 bridgehead atoms. The quantitative estimate of drug-likeness (QED) is 0.900. The molecule has 2 aliphatic heterocycles. The Hall–Kier alpha value is -1.92. The van der Waals surface area contributed by atoms with Crippen molar-refractivity contribution in [3.8, 4) is 0 Å². The Bertz CT molecular complexity index is 750. The maximum Gasteiger partial charge on any atom is 0.136 e. The molecule has 0 radical (unpaired) electrons. The van der Waals surface area contributed by atoms with Crippen LogP contribution in [-0.4, -0.2) is 31.1 Å². The van der Waals surface area contributed by atoms with Crippen LogP contribution in [0.2, 0.25) is 0 Å². The van der Waals surface area contributed by atoms with Crippen LogP contribution in [-0.2, 0) is 6.42 Å². The van der Waals surface area contributed by atoms with Gasteiger partial charge in [0.05, 0.1) is 11.3 Å². The van der Waals surface area contributed by atoms with Gasteiger partial charge in [0.25, 0.3) is 0 Å². The zero-order chi connectivity index (χ0) is 16.6. The van der Waals surface area contributed by atoms with E-state index in [0.29, 0.717) is 11.4 Å². The van der Waals surface area contributed by atoms with E-state index in [-0.39, 0.29) is 11.5 Å². The van der Waals surface area contributed by atoms with Crippen LogP contribution >= 0.6 is 11.3 Å². The van der Waals surface area contributed by atoms with Crippen molar-refractivity contribution in [2.45, 2.75) is 24.9 Å². The minimum Gasteiger partial charge on any atom is -0.383 e. The van der Waals surface area contributed by atoms with Crippen molar-refractivity contribution in [3.05, 3.63) is 52.0 Å². The first-order valence-electron chi connectivity index (χ1n) is 8.35. The second kappa shape index (κ2) is 6.18. The molecule has 0 unspecified atom stereocenters. The van der Waals surface area contributed by atoms with Gasteiger partial charge in [-0.1, -0.05) is 12.1 Å². The van der Waals surface area contributed by atoms with Crippen LogP contribution in [0.5, 0.6) is 0 Å². The van der Waals surface area contributed by atoms with E-state index in [2.05, 4.69) is 27.7 Å². The summed E-state index contributed by atoms with van der Waals surface area (Å²) in [4.78, 5) is 8.41.